The first kappa shape index (κ1) is 27.5. The largest absolute Gasteiger partial charge is 0.451 e. The van der Waals surface area contributed by atoms with Gasteiger partial charge in [-0.15, -0.1) is 0 Å². The van der Waals surface area contributed by atoms with E-state index in [2.05, 4.69) is 0 Å². The number of pyridine rings is 1. The van der Waals surface area contributed by atoms with Crippen LogP contribution in [0.2, 0.25) is 5.02 Å². The van der Waals surface area contributed by atoms with Crippen molar-refractivity contribution >= 4 is 51.8 Å². The van der Waals surface area contributed by atoms with E-state index in [-0.39, 0.29) is 35.0 Å². The first-order valence-electron chi connectivity index (χ1n) is 13.8. The number of halogens is 1. The van der Waals surface area contributed by atoms with Gasteiger partial charge in [-0.2, -0.15) is 0 Å². The van der Waals surface area contributed by atoms with Crippen LogP contribution in [0.25, 0.3) is 22.2 Å². The molecule has 0 radical (unpaired) electrons. The van der Waals surface area contributed by atoms with Gasteiger partial charge in [-0.25, -0.2) is 9.78 Å². The maximum absolute atomic E-state index is 13.5. The SMILES string of the molecule is Cc1ccc2nc(-c3ccc(N4C(=O)C5CC=CCC5C4=O)cc3)cc(C(=O)OC(C)C(=O)c3ccc(Cl)cc3)c2c1. The lowest BCUT2D eigenvalue weighted by molar-refractivity contribution is -0.122. The first-order chi connectivity index (χ1) is 20.2. The van der Waals surface area contributed by atoms with Gasteiger partial charge in [0.15, 0.2) is 6.10 Å². The van der Waals surface area contributed by atoms with Crippen molar-refractivity contribution in [2.24, 2.45) is 11.8 Å². The van der Waals surface area contributed by atoms with Crippen LogP contribution >= 0.6 is 11.6 Å². The summed E-state index contributed by atoms with van der Waals surface area (Å²) in [5, 5.41) is 1.11. The molecule has 1 fully saturated rings. The van der Waals surface area contributed by atoms with Crippen molar-refractivity contribution in [2.45, 2.75) is 32.8 Å². The second-order valence-electron chi connectivity index (χ2n) is 10.7. The number of hydrogen-bond acceptors (Lipinski definition) is 6. The standard InChI is InChI=1S/C34H27ClN2O5/c1-19-7-16-29-27(17-19)28(34(41)42-20(2)31(38)22-8-12-23(35)13-9-22)18-30(36-29)21-10-14-24(15-11-21)37-32(39)25-5-3-4-6-26(25)33(37)40/h3-4,7-18,20,25-26H,5-6H2,1-2H3. The van der Waals surface area contributed by atoms with Crippen molar-refractivity contribution in [3.63, 3.8) is 0 Å². The second-order valence-corrected chi connectivity index (χ2v) is 11.1. The van der Waals surface area contributed by atoms with E-state index in [1.807, 2.05) is 37.3 Å². The molecule has 0 saturated carbocycles. The van der Waals surface area contributed by atoms with Crippen LogP contribution in [-0.4, -0.2) is 34.7 Å². The molecule has 0 N–H and O–H groups in total. The van der Waals surface area contributed by atoms with Crippen molar-refractivity contribution in [1.82, 2.24) is 4.98 Å². The zero-order chi connectivity index (χ0) is 29.5. The van der Waals surface area contributed by atoms with E-state index in [1.165, 1.54) is 11.8 Å². The number of carbonyl (C=O) groups excluding carboxylic acids is 4. The molecule has 2 amide bonds. The molecule has 7 nitrogen and oxygen atoms in total. The molecule has 3 aromatic carbocycles. The van der Waals surface area contributed by atoms with Gasteiger partial charge in [0.1, 0.15) is 0 Å². The minimum absolute atomic E-state index is 0.173. The van der Waals surface area contributed by atoms with E-state index in [1.54, 1.807) is 54.6 Å². The molecule has 1 saturated heterocycles. The molecule has 3 unspecified atom stereocenters. The Labute approximate surface area is 247 Å². The molecule has 210 valence electrons. The van der Waals surface area contributed by atoms with Gasteiger partial charge in [0.2, 0.25) is 17.6 Å². The molecule has 4 aromatic rings. The second kappa shape index (κ2) is 11.0. The third-order valence-corrected chi connectivity index (χ3v) is 8.15. The Balaban J connectivity index is 1.30. The Morgan fingerprint density at radius 2 is 1.55 bits per heavy atom. The van der Waals surface area contributed by atoms with Gasteiger partial charge in [0.25, 0.3) is 0 Å². The molecule has 2 aliphatic rings. The van der Waals surface area contributed by atoms with Gasteiger partial charge in [0.05, 0.1) is 34.3 Å². The zero-order valence-electron chi connectivity index (χ0n) is 23.0. The van der Waals surface area contributed by atoms with Crippen LogP contribution < -0.4 is 4.90 Å². The van der Waals surface area contributed by atoms with Crippen LogP contribution in [0.4, 0.5) is 5.69 Å². The number of aromatic nitrogens is 1. The lowest BCUT2D eigenvalue weighted by atomic mass is 9.85. The number of benzene rings is 3. The Hall–Kier alpha value is -4.62. The molecule has 1 aliphatic heterocycles. The molecule has 8 heteroatoms. The van der Waals surface area contributed by atoms with E-state index in [9.17, 15) is 19.2 Å². The number of fused-ring (bicyclic) bond motifs is 2. The summed E-state index contributed by atoms with van der Waals surface area (Å²) in [5.41, 5.74) is 3.91. The number of ketones is 1. The molecule has 6 rings (SSSR count). The van der Waals surface area contributed by atoms with Crippen LogP contribution in [0.3, 0.4) is 0 Å². The number of rotatable bonds is 6. The highest BCUT2D eigenvalue weighted by Crippen LogP contribution is 2.38. The van der Waals surface area contributed by atoms with Crippen LogP contribution in [0.15, 0.2) is 84.9 Å². The Kier molecular flexibility index (Phi) is 7.21. The fourth-order valence-corrected chi connectivity index (χ4v) is 5.74. The minimum atomic E-state index is -1.02. The summed E-state index contributed by atoms with van der Waals surface area (Å²) in [7, 11) is 0. The summed E-state index contributed by atoms with van der Waals surface area (Å²) >= 11 is 5.94. The Morgan fingerprint density at radius 3 is 2.19 bits per heavy atom. The number of hydrogen-bond donors (Lipinski definition) is 0. The number of nitrogens with zero attached hydrogens (tertiary/aromatic N) is 2. The third-order valence-electron chi connectivity index (χ3n) is 7.89. The van der Waals surface area contributed by atoms with Crippen LogP contribution in [-0.2, 0) is 14.3 Å². The van der Waals surface area contributed by atoms with Gasteiger partial charge < -0.3 is 4.74 Å². The lowest BCUT2D eigenvalue weighted by Crippen LogP contribution is -2.30. The van der Waals surface area contributed by atoms with E-state index >= 15 is 0 Å². The maximum atomic E-state index is 13.5. The molecule has 2 heterocycles. The summed E-state index contributed by atoms with van der Waals surface area (Å²) in [5.74, 6) is -1.95. The Morgan fingerprint density at radius 1 is 0.905 bits per heavy atom. The fourth-order valence-electron chi connectivity index (χ4n) is 5.62. The van der Waals surface area contributed by atoms with E-state index in [0.29, 0.717) is 51.3 Å². The van der Waals surface area contributed by atoms with Crippen molar-refractivity contribution in [2.75, 3.05) is 4.90 Å². The van der Waals surface area contributed by atoms with Crippen molar-refractivity contribution in [3.05, 3.63) is 107 Å². The van der Waals surface area contributed by atoms with Crippen molar-refractivity contribution in [1.29, 1.82) is 0 Å². The average molecular weight is 579 g/mol. The Bertz CT molecular complexity index is 1750. The highest BCUT2D eigenvalue weighted by Gasteiger charge is 2.47. The number of amides is 2. The van der Waals surface area contributed by atoms with Crippen LogP contribution in [0.1, 0.15) is 46.0 Å². The zero-order valence-corrected chi connectivity index (χ0v) is 23.8. The third kappa shape index (κ3) is 5.01. The number of Topliss-reactive ketones (excluding diaryl/α,β-unsaturated/α-hetero) is 1. The maximum Gasteiger partial charge on any atom is 0.339 e. The number of ether oxygens (including phenoxy) is 1. The highest BCUT2D eigenvalue weighted by molar-refractivity contribution is 6.30. The molecule has 1 aromatic heterocycles. The molecule has 42 heavy (non-hydrogen) atoms. The van der Waals surface area contributed by atoms with E-state index in [0.717, 1.165) is 5.56 Å². The first-order valence-corrected chi connectivity index (χ1v) is 14.1. The van der Waals surface area contributed by atoms with Crippen LogP contribution in [0.5, 0.6) is 0 Å². The topological polar surface area (TPSA) is 93.6 Å². The minimum Gasteiger partial charge on any atom is -0.451 e. The monoisotopic (exact) mass is 578 g/mol. The van der Waals surface area contributed by atoms with Crippen molar-refractivity contribution in [3.8, 4) is 11.3 Å². The highest BCUT2D eigenvalue weighted by atomic mass is 35.5. The molecule has 0 spiro atoms. The van der Waals surface area contributed by atoms with Gasteiger partial charge in [-0.3, -0.25) is 19.3 Å². The molecular weight excluding hydrogens is 552 g/mol. The summed E-state index contributed by atoms with van der Waals surface area (Å²) in [6, 6.07) is 20.7. The number of anilines is 1. The average Bonchev–Trinajstić information content (AvgIpc) is 3.26. The smallest absolute Gasteiger partial charge is 0.339 e. The number of esters is 1. The normalized spacial score (nSPS) is 18.7. The molecule has 1 aliphatic carbocycles. The van der Waals surface area contributed by atoms with Gasteiger partial charge in [-0.1, -0.05) is 47.5 Å². The number of allylic oxidation sites excluding steroid dienone is 2. The van der Waals surface area contributed by atoms with Gasteiger partial charge in [-0.05, 0) is 81.3 Å². The molecule has 0 bridgehead atoms. The van der Waals surface area contributed by atoms with Crippen molar-refractivity contribution < 1.29 is 23.9 Å². The fraction of sp³-hybridized carbons (Fsp3) is 0.206. The van der Waals surface area contributed by atoms with Gasteiger partial charge >= 0.3 is 5.97 Å². The summed E-state index contributed by atoms with van der Waals surface area (Å²) in [6.07, 6.45) is 4.05. The number of aryl methyl sites for hydroxylation is 1. The number of carbonyl (C=O) groups is 4. The number of imide groups is 1. The summed E-state index contributed by atoms with van der Waals surface area (Å²) < 4.78 is 5.64. The quantitative estimate of drug-likeness (QED) is 0.109. The predicted octanol–water partition coefficient (Wildman–Crippen LogP) is 6.75. The van der Waals surface area contributed by atoms with Crippen LogP contribution in [0, 0.1) is 18.8 Å². The molecule has 3 atom stereocenters. The summed E-state index contributed by atoms with van der Waals surface area (Å²) in [6.45, 7) is 3.46. The predicted molar refractivity (Wildman–Crippen MR) is 160 cm³/mol. The molecular formula is C34H27ClN2O5. The van der Waals surface area contributed by atoms with Gasteiger partial charge in [0, 0.05) is 21.5 Å². The summed E-state index contributed by atoms with van der Waals surface area (Å²) in [4.78, 5) is 58.5. The lowest BCUT2D eigenvalue weighted by Gasteiger charge is -2.16. The van der Waals surface area contributed by atoms with E-state index < -0.39 is 12.1 Å². The van der Waals surface area contributed by atoms with E-state index in [4.69, 9.17) is 21.3 Å².